The zero-order valence-electron chi connectivity index (χ0n) is 8.08. The summed E-state index contributed by atoms with van der Waals surface area (Å²) < 4.78 is 6.42. The highest BCUT2D eigenvalue weighted by atomic mass is 79.9. The molecule has 1 aromatic heterocycles. The van der Waals surface area contributed by atoms with Crippen LogP contribution < -0.4 is 5.32 Å². The van der Waals surface area contributed by atoms with Gasteiger partial charge >= 0.3 is 0 Å². The van der Waals surface area contributed by atoms with Gasteiger partial charge in [0.15, 0.2) is 3.92 Å². The van der Waals surface area contributed by atoms with E-state index in [1.54, 1.807) is 0 Å². The van der Waals surface area contributed by atoms with Crippen LogP contribution in [-0.4, -0.2) is 28.4 Å². The van der Waals surface area contributed by atoms with Crippen LogP contribution in [0.4, 0.5) is 5.13 Å². The number of nitrogens with one attached hydrogen (secondary N) is 1. The minimum atomic E-state index is -0.113. The second kappa shape index (κ2) is 3.75. The molecular formula is C8H12BrN3OS. The van der Waals surface area contributed by atoms with E-state index in [1.807, 2.05) is 0 Å². The number of rotatable bonds is 2. The average molecular weight is 278 g/mol. The Kier molecular flexibility index (Phi) is 2.77. The number of aromatic nitrogens is 2. The van der Waals surface area contributed by atoms with E-state index in [0.717, 1.165) is 22.1 Å². The minimum Gasteiger partial charge on any atom is -0.373 e. The summed E-state index contributed by atoms with van der Waals surface area (Å²) in [5, 5.41) is 12.1. The first-order valence-corrected chi connectivity index (χ1v) is 6.08. The highest BCUT2D eigenvalue weighted by molar-refractivity contribution is 9.11. The Labute approximate surface area is 95.2 Å². The van der Waals surface area contributed by atoms with Crippen LogP contribution in [0.3, 0.4) is 0 Å². The molecule has 1 N–H and O–H groups in total. The summed E-state index contributed by atoms with van der Waals surface area (Å²) in [5.41, 5.74) is -0.113. The standard InChI is InChI=1S/C8H12BrN3OS/c1-8(2)5(3-4-13-8)10-7-12-11-6(9)14-7/h5H,3-4H2,1-2H3,(H,10,12). The van der Waals surface area contributed by atoms with Crippen LogP contribution in [0.5, 0.6) is 0 Å². The Bertz CT molecular complexity index is 328. The first-order chi connectivity index (χ1) is 6.58. The number of hydrogen-bond donors (Lipinski definition) is 1. The van der Waals surface area contributed by atoms with E-state index < -0.39 is 0 Å². The van der Waals surface area contributed by atoms with Crippen molar-refractivity contribution in [3.05, 3.63) is 3.92 Å². The summed E-state index contributed by atoms with van der Waals surface area (Å²) >= 11 is 4.79. The van der Waals surface area contributed by atoms with Crippen LogP contribution in [0.25, 0.3) is 0 Å². The molecule has 0 saturated carbocycles. The zero-order chi connectivity index (χ0) is 10.2. The van der Waals surface area contributed by atoms with Gasteiger partial charge in [-0.2, -0.15) is 0 Å². The maximum atomic E-state index is 5.61. The number of nitrogens with zero attached hydrogens (tertiary/aromatic N) is 2. The van der Waals surface area contributed by atoms with Crippen molar-refractivity contribution in [3.8, 4) is 0 Å². The molecule has 0 spiro atoms. The second-order valence-corrected chi connectivity index (χ2v) is 6.05. The molecule has 4 nitrogen and oxygen atoms in total. The van der Waals surface area contributed by atoms with Crippen molar-refractivity contribution in [1.29, 1.82) is 0 Å². The Morgan fingerprint density at radius 3 is 2.86 bits per heavy atom. The lowest BCUT2D eigenvalue weighted by atomic mass is 9.99. The van der Waals surface area contributed by atoms with E-state index in [0.29, 0.717) is 6.04 Å². The molecule has 0 radical (unpaired) electrons. The van der Waals surface area contributed by atoms with Crippen molar-refractivity contribution in [1.82, 2.24) is 10.2 Å². The first kappa shape index (κ1) is 10.3. The van der Waals surface area contributed by atoms with Crippen molar-refractivity contribution < 1.29 is 4.74 Å². The Hall–Kier alpha value is -0.200. The van der Waals surface area contributed by atoms with Gasteiger partial charge in [0, 0.05) is 6.61 Å². The molecule has 1 aromatic rings. The highest BCUT2D eigenvalue weighted by Crippen LogP contribution is 2.29. The lowest BCUT2D eigenvalue weighted by Crippen LogP contribution is -2.37. The molecule has 2 rings (SSSR count). The zero-order valence-corrected chi connectivity index (χ0v) is 10.5. The van der Waals surface area contributed by atoms with Gasteiger partial charge in [-0.1, -0.05) is 11.3 Å². The summed E-state index contributed by atoms with van der Waals surface area (Å²) in [6.07, 6.45) is 1.02. The fraction of sp³-hybridized carbons (Fsp3) is 0.750. The summed E-state index contributed by atoms with van der Waals surface area (Å²) in [4.78, 5) is 0. The van der Waals surface area contributed by atoms with Crippen molar-refractivity contribution >= 4 is 32.4 Å². The minimum absolute atomic E-state index is 0.113. The molecule has 0 aromatic carbocycles. The molecule has 1 aliphatic heterocycles. The second-order valence-electron chi connectivity index (χ2n) is 3.80. The van der Waals surface area contributed by atoms with Crippen LogP contribution in [0.1, 0.15) is 20.3 Å². The summed E-state index contributed by atoms with van der Waals surface area (Å²) in [6, 6.07) is 0.322. The third-order valence-corrected chi connectivity index (χ3v) is 3.70. The third kappa shape index (κ3) is 2.07. The Balaban J connectivity index is 2.04. The van der Waals surface area contributed by atoms with E-state index in [9.17, 15) is 0 Å². The van der Waals surface area contributed by atoms with Gasteiger partial charge in [0.2, 0.25) is 5.13 Å². The quantitative estimate of drug-likeness (QED) is 0.901. The average Bonchev–Trinajstić information content (AvgIpc) is 2.61. The van der Waals surface area contributed by atoms with Gasteiger partial charge in [-0.15, -0.1) is 10.2 Å². The summed E-state index contributed by atoms with van der Waals surface area (Å²) in [6.45, 7) is 4.99. The topological polar surface area (TPSA) is 47.0 Å². The maximum absolute atomic E-state index is 5.61. The molecule has 0 amide bonds. The Morgan fingerprint density at radius 2 is 2.36 bits per heavy atom. The predicted molar refractivity (Wildman–Crippen MR) is 59.7 cm³/mol. The van der Waals surface area contributed by atoms with Gasteiger partial charge in [-0.3, -0.25) is 0 Å². The van der Waals surface area contributed by atoms with E-state index >= 15 is 0 Å². The van der Waals surface area contributed by atoms with Gasteiger partial charge in [-0.25, -0.2) is 0 Å². The molecule has 6 heteroatoms. The highest BCUT2D eigenvalue weighted by Gasteiger charge is 2.36. The number of ether oxygens (including phenoxy) is 1. The molecule has 1 unspecified atom stereocenters. The molecule has 2 heterocycles. The van der Waals surface area contributed by atoms with Crippen LogP contribution in [-0.2, 0) is 4.74 Å². The molecule has 1 atom stereocenters. The number of hydrogen-bond acceptors (Lipinski definition) is 5. The van der Waals surface area contributed by atoms with Gasteiger partial charge in [0.25, 0.3) is 0 Å². The smallest absolute Gasteiger partial charge is 0.206 e. The SMILES string of the molecule is CC1(C)OCCC1Nc1nnc(Br)s1. The number of halogens is 1. The van der Waals surface area contributed by atoms with Crippen LogP contribution >= 0.6 is 27.3 Å². The van der Waals surface area contributed by atoms with Gasteiger partial charge < -0.3 is 10.1 Å². The van der Waals surface area contributed by atoms with E-state index in [-0.39, 0.29) is 5.60 Å². The van der Waals surface area contributed by atoms with E-state index in [2.05, 4.69) is 45.3 Å². The molecular weight excluding hydrogens is 266 g/mol. The van der Waals surface area contributed by atoms with Crippen LogP contribution in [0, 0.1) is 0 Å². The molecule has 1 saturated heterocycles. The summed E-state index contributed by atoms with van der Waals surface area (Å²) in [5.74, 6) is 0. The fourth-order valence-corrected chi connectivity index (χ4v) is 2.61. The van der Waals surface area contributed by atoms with Crippen molar-refractivity contribution in [2.45, 2.75) is 31.9 Å². The van der Waals surface area contributed by atoms with E-state index in [4.69, 9.17) is 4.74 Å². The molecule has 1 aliphatic rings. The molecule has 78 valence electrons. The number of anilines is 1. The largest absolute Gasteiger partial charge is 0.373 e. The molecule has 1 fully saturated rings. The molecule has 0 aliphatic carbocycles. The van der Waals surface area contributed by atoms with Gasteiger partial charge in [-0.05, 0) is 36.2 Å². The van der Waals surface area contributed by atoms with Crippen molar-refractivity contribution in [3.63, 3.8) is 0 Å². The van der Waals surface area contributed by atoms with Gasteiger partial charge in [0.1, 0.15) is 0 Å². The fourth-order valence-electron chi connectivity index (χ4n) is 1.55. The van der Waals surface area contributed by atoms with Crippen molar-refractivity contribution in [2.24, 2.45) is 0 Å². The molecule has 0 bridgehead atoms. The lowest BCUT2D eigenvalue weighted by molar-refractivity contribution is 0.0315. The first-order valence-electron chi connectivity index (χ1n) is 4.47. The van der Waals surface area contributed by atoms with Gasteiger partial charge in [0.05, 0.1) is 11.6 Å². The third-order valence-electron chi connectivity index (χ3n) is 2.42. The normalized spacial score (nSPS) is 25.2. The lowest BCUT2D eigenvalue weighted by Gasteiger charge is -2.25. The monoisotopic (exact) mass is 277 g/mol. The Morgan fingerprint density at radius 1 is 1.57 bits per heavy atom. The van der Waals surface area contributed by atoms with Crippen LogP contribution in [0.15, 0.2) is 3.92 Å². The maximum Gasteiger partial charge on any atom is 0.206 e. The molecule has 14 heavy (non-hydrogen) atoms. The van der Waals surface area contributed by atoms with Crippen molar-refractivity contribution in [2.75, 3.05) is 11.9 Å². The summed E-state index contributed by atoms with van der Waals surface area (Å²) in [7, 11) is 0. The van der Waals surface area contributed by atoms with Crippen LogP contribution in [0.2, 0.25) is 0 Å². The van der Waals surface area contributed by atoms with E-state index in [1.165, 1.54) is 11.3 Å². The predicted octanol–water partition coefficient (Wildman–Crippen LogP) is 2.28.